The van der Waals surface area contributed by atoms with Crippen LogP contribution in [0.1, 0.15) is 30.9 Å². The van der Waals surface area contributed by atoms with Crippen LogP contribution < -0.4 is 5.32 Å². The summed E-state index contributed by atoms with van der Waals surface area (Å²) in [7, 11) is 2.83. The summed E-state index contributed by atoms with van der Waals surface area (Å²) < 4.78 is 0. The summed E-state index contributed by atoms with van der Waals surface area (Å²) in [4.78, 5) is 59.4. The van der Waals surface area contributed by atoms with Crippen LogP contribution in [0.5, 0.6) is 5.75 Å². The summed E-state index contributed by atoms with van der Waals surface area (Å²) in [5, 5.41) is 80.6. The van der Waals surface area contributed by atoms with Crippen LogP contribution in [0.2, 0.25) is 0 Å². The number of fused-ring (bicyclic) bond motifs is 3. The molecule has 0 spiro atoms. The van der Waals surface area contributed by atoms with E-state index in [0.29, 0.717) is 25.9 Å². The van der Waals surface area contributed by atoms with Crippen LogP contribution in [0.25, 0.3) is 5.76 Å². The molecule has 0 bridgehead atoms. The van der Waals surface area contributed by atoms with Crippen molar-refractivity contribution in [2.75, 3.05) is 40.5 Å². The first-order valence-corrected chi connectivity index (χ1v) is 14.4. The van der Waals surface area contributed by atoms with Gasteiger partial charge < -0.3 is 40.8 Å². The van der Waals surface area contributed by atoms with E-state index in [1.54, 1.807) is 4.90 Å². The number of likely N-dealkylation sites (N-methyl/N-ethyl adjacent to an activating group) is 1. The number of ketones is 2. The molecule has 1 aromatic carbocycles. The molecule has 244 valence electrons. The number of carbonyl (C=O) groups excluding carboxylic acids is 3. The van der Waals surface area contributed by atoms with Crippen LogP contribution >= 0.6 is 0 Å². The standard InChI is InChI=1S/C29H36N4O12/c1-28(41)14-5-4-6-15(34)16(14)22(35)17-19(28)24(37)20-21(31(2)3)23(36)18(26(39)29(20,42)25(17)38)27(40)30-12-32-9-7-13(8-10-32)11-45-33(43)44/h4-6,13,19-21,24,34-35,37,39,41-42H,7-12H2,1-3H3,(H,30,40)/t19-,20-,21+,24+,28-,29+/m1/s1. The normalized spacial score (nSPS) is 32.2. The van der Waals surface area contributed by atoms with Crippen LogP contribution in [-0.4, -0.2) is 121 Å². The quantitative estimate of drug-likeness (QED) is 0.110. The maximum absolute atomic E-state index is 14.2. The maximum Gasteiger partial charge on any atom is 0.294 e. The lowest BCUT2D eigenvalue weighted by Gasteiger charge is -2.55. The lowest BCUT2D eigenvalue weighted by Crippen LogP contribution is -2.72. The summed E-state index contributed by atoms with van der Waals surface area (Å²) in [5.74, 6) is -9.52. The van der Waals surface area contributed by atoms with Gasteiger partial charge in [0.05, 0.1) is 54.0 Å². The Labute approximate surface area is 256 Å². The van der Waals surface area contributed by atoms with Crippen molar-refractivity contribution in [2.24, 2.45) is 17.8 Å². The number of aliphatic hydroxyl groups excluding tert-OH is 3. The summed E-state index contributed by atoms with van der Waals surface area (Å²) in [6, 6.07) is 2.45. The highest BCUT2D eigenvalue weighted by Gasteiger charge is 2.70. The first kappa shape index (κ1) is 32.3. The highest BCUT2D eigenvalue weighted by molar-refractivity contribution is 6.25. The van der Waals surface area contributed by atoms with Crippen LogP contribution in [0.15, 0.2) is 35.1 Å². The number of rotatable bonds is 7. The van der Waals surface area contributed by atoms with E-state index in [1.807, 2.05) is 0 Å². The van der Waals surface area contributed by atoms with E-state index >= 15 is 0 Å². The minimum atomic E-state index is -3.08. The number of benzene rings is 1. The molecular weight excluding hydrogens is 596 g/mol. The van der Waals surface area contributed by atoms with E-state index in [0.717, 1.165) is 0 Å². The van der Waals surface area contributed by atoms with Gasteiger partial charge in [-0.2, -0.15) is 0 Å². The monoisotopic (exact) mass is 632 g/mol. The highest BCUT2D eigenvalue weighted by atomic mass is 16.9. The van der Waals surface area contributed by atoms with Crippen molar-refractivity contribution in [1.29, 1.82) is 0 Å². The smallest absolute Gasteiger partial charge is 0.294 e. The minimum absolute atomic E-state index is 0.0104. The van der Waals surface area contributed by atoms with Crippen molar-refractivity contribution in [3.8, 4) is 5.75 Å². The van der Waals surface area contributed by atoms with E-state index in [2.05, 4.69) is 10.2 Å². The second-order valence-electron chi connectivity index (χ2n) is 12.4. The van der Waals surface area contributed by atoms with Gasteiger partial charge in [0.1, 0.15) is 22.8 Å². The molecule has 1 aliphatic heterocycles. The fourth-order valence-corrected chi connectivity index (χ4v) is 7.33. The number of piperidine rings is 1. The second-order valence-corrected chi connectivity index (χ2v) is 12.4. The number of nitrogens with one attached hydrogen (secondary N) is 1. The molecule has 1 saturated carbocycles. The summed E-state index contributed by atoms with van der Waals surface area (Å²) in [6.45, 7) is 1.98. The molecule has 2 fully saturated rings. The molecule has 4 aliphatic rings. The molecule has 1 aromatic rings. The van der Waals surface area contributed by atoms with Gasteiger partial charge in [-0.05, 0) is 51.4 Å². The van der Waals surface area contributed by atoms with Gasteiger partial charge >= 0.3 is 0 Å². The molecule has 16 nitrogen and oxygen atoms in total. The molecule has 1 amide bonds. The van der Waals surface area contributed by atoms with Gasteiger partial charge in [0.15, 0.2) is 11.4 Å². The van der Waals surface area contributed by atoms with Gasteiger partial charge in [0.2, 0.25) is 5.78 Å². The van der Waals surface area contributed by atoms with Crippen molar-refractivity contribution in [2.45, 2.75) is 43.1 Å². The topological polar surface area (TPSA) is 243 Å². The van der Waals surface area contributed by atoms with Crippen LogP contribution in [-0.2, 0) is 24.8 Å². The van der Waals surface area contributed by atoms with Crippen LogP contribution in [0, 0.1) is 27.9 Å². The van der Waals surface area contributed by atoms with Gasteiger partial charge in [0, 0.05) is 13.1 Å². The molecule has 5 rings (SSSR count). The van der Waals surface area contributed by atoms with E-state index in [4.69, 9.17) is 0 Å². The maximum atomic E-state index is 14.2. The van der Waals surface area contributed by atoms with Crippen molar-refractivity contribution >= 4 is 23.2 Å². The molecule has 7 N–H and O–H groups in total. The van der Waals surface area contributed by atoms with Crippen molar-refractivity contribution in [3.05, 3.63) is 56.3 Å². The fraction of sp³-hybridized carbons (Fsp3) is 0.552. The number of aliphatic hydroxyl groups is 5. The van der Waals surface area contributed by atoms with Crippen molar-refractivity contribution in [3.63, 3.8) is 0 Å². The number of phenols is 1. The molecule has 6 atom stereocenters. The molecule has 45 heavy (non-hydrogen) atoms. The zero-order valence-corrected chi connectivity index (χ0v) is 24.8. The van der Waals surface area contributed by atoms with Gasteiger partial charge in [-0.1, -0.05) is 12.1 Å². The predicted octanol–water partition coefficient (Wildman–Crippen LogP) is -0.891. The molecule has 1 saturated heterocycles. The predicted molar refractivity (Wildman–Crippen MR) is 153 cm³/mol. The number of likely N-dealkylation sites (tertiary alicyclic amines) is 1. The third-order valence-corrected chi connectivity index (χ3v) is 9.60. The Balaban J connectivity index is 1.50. The number of phenolic OH excluding ortho intramolecular Hbond substituents is 1. The van der Waals surface area contributed by atoms with Gasteiger partial charge in [0.25, 0.3) is 11.0 Å². The van der Waals surface area contributed by atoms with E-state index in [1.165, 1.54) is 44.1 Å². The zero-order chi connectivity index (χ0) is 33.2. The zero-order valence-electron chi connectivity index (χ0n) is 24.8. The molecule has 0 unspecified atom stereocenters. The van der Waals surface area contributed by atoms with Crippen LogP contribution in [0.4, 0.5) is 0 Å². The third-order valence-electron chi connectivity index (χ3n) is 9.60. The largest absolute Gasteiger partial charge is 0.508 e. The Bertz CT molecular complexity index is 1510. The Morgan fingerprint density at radius 1 is 1.18 bits per heavy atom. The Morgan fingerprint density at radius 3 is 2.42 bits per heavy atom. The van der Waals surface area contributed by atoms with Gasteiger partial charge in [-0.3, -0.25) is 24.2 Å². The Morgan fingerprint density at radius 2 is 1.82 bits per heavy atom. The summed E-state index contributed by atoms with van der Waals surface area (Å²) in [6.07, 6.45) is -0.843. The minimum Gasteiger partial charge on any atom is -0.508 e. The molecule has 0 aromatic heterocycles. The lowest BCUT2D eigenvalue weighted by molar-refractivity contribution is -0.759. The number of nitrogens with zero attached hydrogens (tertiary/aromatic N) is 3. The van der Waals surface area contributed by atoms with Gasteiger partial charge in [-0.15, -0.1) is 10.1 Å². The van der Waals surface area contributed by atoms with Crippen molar-refractivity contribution < 1.29 is 54.9 Å². The molecular formula is C29H36N4O12. The molecule has 3 aliphatic carbocycles. The number of aromatic hydroxyl groups is 1. The molecule has 0 radical (unpaired) electrons. The second kappa shape index (κ2) is 11.4. The average molecular weight is 633 g/mol. The number of hydrogen-bond acceptors (Lipinski definition) is 14. The number of amides is 1. The lowest BCUT2D eigenvalue weighted by atomic mass is 9.53. The number of hydrogen-bond donors (Lipinski definition) is 7. The van der Waals surface area contributed by atoms with E-state index in [-0.39, 0.29) is 30.3 Å². The highest BCUT2D eigenvalue weighted by Crippen LogP contribution is 2.57. The van der Waals surface area contributed by atoms with Gasteiger partial charge in [-0.25, -0.2) is 0 Å². The van der Waals surface area contributed by atoms with E-state index < -0.39 is 86.2 Å². The average Bonchev–Trinajstić information content (AvgIpc) is 2.97. The Kier molecular flexibility index (Phi) is 8.16. The first-order chi connectivity index (χ1) is 21.0. The SMILES string of the molecule is CN(C)[C@@H]1C(=O)C(C(=O)NCN2CCC(CO[N+](=O)[O-])CC2)=C(O)[C@@]2(O)C(=O)C3=C(O)c4c(O)cccc4[C@@](C)(O)[C@H]3[C@H](O)[C@@H]12. The first-order valence-electron chi connectivity index (χ1n) is 14.4. The Hall–Kier alpha value is -4.09. The fourth-order valence-electron chi connectivity index (χ4n) is 7.33. The summed E-state index contributed by atoms with van der Waals surface area (Å²) in [5.41, 5.74) is -7.08. The van der Waals surface area contributed by atoms with Crippen LogP contribution in [0.3, 0.4) is 0 Å². The molecule has 1 heterocycles. The summed E-state index contributed by atoms with van der Waals surface area (Å²) >= 11 is 0. The van der Waals surface area contributed by atoms with E-state index in [9.17, 15) is 55.1 Å². The number of carbonyl (C=O) groups is 3. The molecule has 16 heteroatoms. The number of Topliss-reactive ketones (excluding diaryl/α,β-unsaturated/α-hetero) is 2. The third kappa shape index (κ3) is 4.93. The van der Waals surface area contributed by atoms with Crippen molar-refractivity contribution in [1.82, 2.24) is 15.1 Å².